The molecule has 4 rings (SSSR count). The Morgan fingerprint density at radius 3 is 2.69 bits per heavy atom. The van der Waals surface area contributed by atoms with Gasteiger partial charge in [-0.2, -0.15) is 4.98 Å². The summed E-state index contributed by atoms with van der Waals surface area (Å²) in [4.78, 5) is 18.2. The first-order valence-corrected chi connectivity index (χ1v) is 10.8. The van der Waals surface area contributed by atoms with Crippen molar-refractivity contribution >= 4 is 35.6 Å². The van der Waals surface area contributed by atoms with Crippen LogP contribution in [0.15, 0.2) is 58.2 Å². The third kappa shape index (κ3) is 6.18. The molecule has 1 aromatic carbocycles. The SMILES string of the molecule is CCNC(=NCCc1noc(-c2ccccn2)n1)N1CCN(c2cccc(C)c2)CC1.I. The zero-order chi connectivity index (χ0) is 21.5. The number of aliphatic imine (C=N–C) groups is 1. The standard InChI is InChI=1S/C23H29N7O.HI/c1-3-24-23(30-15-13-29(14-16-30)19-8-6-7-18(2)17-19)26-12-10-21-27-22(31-28-21)20-9-4-5-11-25-20;/h4-9,11,17H,3,10,12-16H2,1-2H3,(H,24,26);1H. The molecule has 3 heterocycles. The van der Waals surface area contributed by atoms with Gasteiger partial charge in [0.25, 0.3) is 5.89 Å². The Morgan fingerprint density at radius 2 is 1.97 bits per heavy atom. The van der Waals surface area contributed by atoms with Crippen LogP contribution in [0.5, 0.6) is 0 Å². The lowest BCUT2D eigenvalue weighted by Gasteiger charge is -2.37. The molecule has 0 atom stereocenters. The lowest BCUT2D eigenvalue weighted by atomic mass is 10.2. The average Bonchev–Trinajstić information content (AvgIpc) is 3.28. The Bertz CT molecular complexity index is 1000. The number of halogens is 1. The molecule has 170 valence electrons. The zero-order valence-corrected chi connectivity index (χ0v) is 20.9. The number of rotatable bonds is 6. The maximum Gasteiger partial charge on any atom is 0.276 e. The maximum absolute atomic E-state index is 5.33. The number of hydrogen-bond acceptors (Lipinski definition) is 6. The number of aromatic nitrogens is 3. The van der Waals surface area contributed by atoms with E-state index in [0.717, 1.165) is 38.7 Å². The van der Waals surface area contributed by atoms with Crippen LogP contribution in [0.4, 0.5) is 5.69 Å². The molecule has 2 aromatic heterocycles. The number of aryl methyl sites for hydroxylation is 1. The van der Waals surface area contributed by atoms with Crippen LogP contribution in [0, 0.1) is 6.92 Å². The van der Waals surface area contributed by atoms with E-state index in [2.05, 4.69) is 68.4 Å². The monoisotopic (exact) mass is 547 g/mol. The molecule has 1 saturated heterocycles. The van der Waals surface area contributed by atoms with Crippen molar-refractivity contribution in [1.82, 2.24) is 25.3 Å². The third-order valence-electron chi connectivity index (χ3n) is 5.23. The molecule has 0 aliphatic carbocycles. The van der Waals surface area contributed by atoms with Crippen LogP contribution in [0.2, 0.25) is 0 Å². The van der Waals surface area contributed by atoms with Crippen molar-refractivity contribution < 1.29 is 4.52 Å². The minimum atomic E-state index is 0. The van der Waals surface area contributed by atoms with E-state index in [1.807, 2.05) is 18.2 Å². The Labute approximate surface area is 206 Å². The smallest absolute Gasteiger partial charge is 0.276 e. The van der Waals surface area contributed by atoms with Crippen LogP contribution in [0.25, 0.3) is 11.6 Å². The third-order valence-corrected chi connectivity index (χ3v) is 5.23. The highest BCUT2D eigenvalue weighted by Gasteiger charge is 2.20. The highest BCUT2D eigenvalue weighted by atomic mass is 127. The van der Waals surface area contributed by atoms with Crippen LogP contribution in [0.3, 0.4) is 0 Å². The van der Waals surface area contributed by atoms with Crippen LogP contribution < -0.4 is 10.2 Å². The van der Waals surface area contributed by atoms with E-state index >= 15 is 0 Å². The molecule has 1 aliphatic heterocycles. The molecule has 32 heavy (non-hydrogen) atoms. The van der Waals surface area contributed by atoms with Gasteiger partial charge in [0, 0.05) is 57.6 Å². The van der Waals surface area contributed by atoms with Gasteiger partial charge in [0.1, 0.15) is 5.69 Å². The minimum absolute atomic E-state index is 0. The predicted molar refractivity (Wildman–Crippen MR) is 138 cm³/mol. The zero-order valence-electron chi connectivity index (χ0n) is 18.6. The van der Waals surface area contributed by atoms with Crippen molar-refractivity contribution in [2.24, 2.45) is 4.99 Å². The summed E-state index contributed by atoms with van der Waals surface area (Å²) in [7, 11) is 0. The minimum Gasteiger partial charge on any atom is -0.368 e. The number of benzene rings is 1. The van der Waals surface area contributed by atoms with Crippen molar-refractivity contribution in [2.75, 3.05) is 44.2 Å². The van der Waals surface area contributed by atoms with E-state index in [9.17, 15) is 0 Å². The second kappa shape index (κ2) is 11.8. The van der Waals surface area contributed by atoms with Crippen molar-refractivity contribution in [1.29, 1.82) is 0 Å². The molecule has 0 unspecified atom stereocenters. The first kappa shape index (κ1) is 24.0. The largest absolute Gasteiger partial charge is 0.368 e. The summed E-state index contributed by atoms with van der Waals surface area (Å²) >= 11 is 0. The maximum atomic E-state index is 5.33. The number of piperazine rings is 1. The first-order valence-electron chi connectivity index (χ1n) is 10.8. The molecule has 3 aromatic rings. The summed E-state index contributed by atoms with van der Waals surface area (Å²) in [6.45, 7) is 9.50. The Morgan fingerprint density at radius 1 is 1.12 bits per heavy atom. The summed E-state index contributed by atoms with van der Waals surface area (Å²) in [6.07, 6.45) is 2.33. The van der Waals surface area contributed by atoms with Gasteiger partial charge in [-0.25, -0.2) is 0 Å². The van der Waals surface area contributed by atoms with Gasteiger partial charge in [-0.1, -0.05) is 23.4 Å². The second-order valence-electron chi connectivity index (χ2n) is 7.53. The molecule has 8 nitrogen and oxygen atoms in total. The quantitative estimate of drug-likeness (QED) is 0.288. The molecule has 0 bridgehead atoms. The summed E-state index contributed by atoms with van der Waals surface area (Å²) in [5, 5.41) is 7.48. The van der Waals surface area contributed by atoms with Crippen molar-refractivity contribution in [3.8, 4) is 11.6 Å². The molecule has 1 fully saturated rings. The van der Waals surface area contributed by atoms with E-state index in [0.29, 0.717) is 30.4 Å². The Hall–Kier alpha value is -2.69. The van der Waals surface area contributed by atoms with Crippen LogP contribution in [-0.4, -0.2) is 65.3 Å². The summed E-state index contributed by atoms with van der Waals surface area (Å²) in [5.41, 5.74) is 3.27. The fourth-order valence-electron chi connectivity index (χ4n) is 3.64. The Kier molecular flexibility index (Phi) is 8.83. The number of hydrogen-bond donors (Lipinski definition) is 1. The molecular formula is C23H30IN7O. The molecule has 0 radical (unpaired) electrons. The van der Waals surface area contributed by atoms with E-state index in [1.54, 1.807) is 6.20 Å². The van der Waals surface area contributed by atoms with Crippen molar-refractivity contribution in [2.45, 2.75) is 20.3 Å². The number of nitrogens with one attached hydrogen (secondary N) is 1. The van der Waals surface area contributed by atoms with E-state index in [4.69, 9.17) is 9.52 Å². The second-order valence-corrected chi connectivity index (χ2v) is 7.53. The van der Waals surface area contributed by atoms with Gasteiger partial charge in [0.2, 0.25) is 0 Å². The van der Waals surface area contributed by atoms with Crippen LogP contribution in [-0.2, 0) is 6.42 Å². The van der Waals surface area contributed by atoms with Crippen LogP contribution in [0.1, 0.15) is 18.3 Å². The Balaban J connectivity index is 0.00000289. The number of anilines is 1. The molecular weight excluding hydrogens is 517 g/mol. The van der Waals surface area contributed by atoms with E-state index in [1.165, 1.54) is 11.3 Å². The van der Waals surface area contributed by atoms with Crippen molar-refractivity contribution in [3.05, 3.63) is 60.0 Å². The summed E-state index contributed by atoms with van der Waals surface area (Å²) in [5.74, 6) is 2.03. The van der Waals surface area contributed by atoms with Gasteiger partial charge in [0.15, 0.2) is 11.8 Å². The number of guanidine groups is 1. The number of nitrogens with zero attached hydrogens (tertiary/aromatic N) is 6. The molecule has 0 saturated carbocycles. The van der Waals surface area contributed by atoms with Gasteiger partial charge in [-0.05, 0) is 43.7 Å². The fraction of sp³-hybridized carbons (Fsp3) is 0.391. The normalized spacial score (nSPS) is 14.2. The van der Waals surface area contributed by atoms with E-state index in [-0.39, 0.29) is 24.0 Å². The topological polar surface area (TPSA) is 82.7 Å². The van der Waals surface area contributed by atoms with Gasteiger partial charge in [0.05, 0.1) is 0 Å². The lowest BCUT2D eigenvalue weighted by molar-refractivity contribution is 0.372. The fourth-order valence-corrected chi connectivity index (χ4v) is 3.64. The molecule has 1 N–H and O–H groups in total. The van der Waals surface area contributed by atoms with Gasteiger partial charge >= 0.3 is 0 Å². The van der Waals surface area contributed by atoms with Gasteiger partial charge < -0.3 is 19.6 Å². The highest BCUT2D eigenvalue weighted by Crippen LogP contribution is 2.18. The predicted octanol–water partition coefficient (Wildman–Crippen LogP) is 3.39. The first-order chi connectivity index (χ1) is 15.2. The molecule has 9 heteroatoms. The van der Waals surface area contributed by atoms with E-state index < -0.39 is 0 Å². The van der Waals surface area contributed by atoms with Gasteiger partial charge in [-0.3, -0.25) is 9.98 Å². The van der Waals surface area contributed by atoms with Crippen LogP contribution >= 0.6 is 24.0 Å². The van der Waals surface area contributed by atoms with Crippen molar-refractivity contribution in [3.63, 3.8) is 0 Å². The lowest BCUT2D eigenvalue weighted by Crippen LogP contribution is -2.52. The highest BCUT2D eigenvalue weighted by molar-refractivity contribution is 14.0. The molecule has 0 amide bonds. The molecule has 0 spiro atoms. The number of pyridine rings is 1. The average molecular weight is 547 g/mol. The molecule has 1 aliphatic rings. The van der Waals surface area contributed by atoms with Gasteiger partial charge in [-0.15, -0.1) is 24.0 Å². The summed E-state index contributed by atoms with van der Waals surface area (Å²) < 4.78 is 5.33. The summed E-state index contributed by atoms with van der Waals surface area (Å²) in [6, 6.07) is 14.3.